The summed E-state index contributed by atoms with van der Waals surface area (Å²) in [6, 6.07) is 0. The highest BCUT2D eigenvalue weighted by Crippen LogP contribution is 2.16. The summed E-state index contributed by atoms with van der Waals surface area (Å²) < 4.78 is 22.7. The van der Waals surface area contributed by atoms with Gasteiger partial charge in [-0.2, -0.15) is 0 Å². The minimum absolute atomic E-state index is 0.0245. The number of esters is 2. The molecule has 0 bridgehead atoms. The van der Waals surface area contributed by atoms with Gasteiger partial charge in [0.1, 0.15) is 13.2 Å². The molecule has 0 aromatic heterocycles. The predicted molar refractivity (Wildman–Crippen MR) is 308 cm³/mol. The summed E-state index contributed by atoms with van der Waals surface area (Å²) in [6.07, 6.45) is 72.2. The van der Waals surface area contributed by atoms with E-state index >= 15 is 0 Å². The topological polar surface area (TPSA) is 108 Å². The van der Waals surface area contributed by atoms with Crippen molar-refractivity contribution in [3.63, 3.8) is 0 Å². The van der Waals surface area contributed by atoms with E-state index in [1.54, 1.807) is 6.08 Å². The van der Waals surface area contributed by atoms with Crippen LogP contribution in [0.15, 0.2) is 109 Å². The fraction of sp³-hybridized carbons (Fsp3) is 0.672. The lowest BCUT2D eigenvalue weighted by Crippen LogP contribution is -2.40. The summed E-state index contributed by atoms with van der Waals surface area (Å²) in [5.74, 6) is -2.18. The zero-order valence-corrected chi connectivity index (χ0v) is 47.3. The van der Waals surface area contributed by atoms with Gasteiger partial charge in [-0.25, -0.2) is 4.79 Å². The molecular formula is C64H108NO8+. The van der Waals surface area contributed by atoms with Crippen LogP contribution in [0.2, 0.25) is 0 Å². The number of carbonyl (C=O) groups excluding carboxylic acids is 2. The van der Waals surface area contributed by atoms with Gasteiger partial charge in [-0.3, -0.25) is 9.59 Å². The van der Waals surface area contributed by atoms with E-state index < -0.39 is 24.3 Å². The van der Waals surface area contributed by atoms with Crippen LogP contribution in [0.1, 0.15) is 219 Å². The molecular weight excluding hydrogens is 911 g/mol. The summed E-state index contributed by atoms with van der Waals surface area (Å²) in [4.78, 5) is 37.3. The number of rotatable bonds is 52. The molecule has 0 amide bonds. The first-order valence-electron chi connectivity index (χ1n) is 29.1. The van der Waals surface area contributed by atoms with Gasteiger partial charge in [-0.1, -0.05) is 239 Å². The molecule has 0 spiro atoms. The Morgan fingerprint density at radius 3 is 1.16 bits per heavy atom. The smallest absolute Gasteiger partial charge is 0.361 e. The minimum Gasteiger partial charge on any atom is -0.477 e. The molecule has 0 rings (SSSR count). The van der Waals surface area contributed by atoms with Crippen LogP contribution in [0.5, 0.6) is 0 Å². The summed E-state index contributed by atoms with van der Waals surface area (Å²) in [5.41, 5.74) is 0. The van der Waals surface area contributed by atoms with Crippen LogP contribution >= 0.6 is 0 Å². The molecule has 2 unspecified atom stereocenters. The maximum absolute atomic E-state index is 12.8. The van der Waals surface area contributed by atoms with Crippen LogP contribution in [-0.2, 0) is 33.3 Å². The molecule has 9 heteroatoms. The zero-order chi connectivity index (χ0) is 53.4. The van der Waals surface area contributed by atoms with E-state index in [-0.39, 0.29) is 38.6 Å². The number of hydrogen-bond donors (Lipinski definition) is 1. The predicted octanol–water partition coefficient (Wildman–Crippen LogP) is 17.1. The number of unbranched alkanes of at least 4 members (excludes halogenated alkanes) is 20. The summed E-state index contributed by atoms with van der Waals surface area (Å²) >= 11 is 0. The van der Waals surface area contributed by atoms with Crippen LogP contribution in [0.3, 0.4) is 0 Å². The molecule has 0 fully saturated rings. The van der Waals surface area contributed by atoms with Crippen molar-refractivity contribution in [2.24, 2.45) is 0 Å². The molecule has 0 aliphatic rings. The van der Waals surface area contributed by atoms with E-state index in [0.717, 1.165) is 70.6 Å². The van der Waals surface area contributed by atoms with E-state index in [9.17, 15) is 19.5 Å². The molecule has 1 N–H and O–H groups in total. The first-order chi connectivity index (χ1) is 35.6. The molecule has 0 aromatic rings. The van der Waals surface area contributed by atoms with Gasteiger partial charge in [-0.15, -0.1) is 0 Å². The molecule has 416 valence electrons. The van der Waals surface area contributed by atoms with E-state index in [1.807, 2.05) is 33.3 Å². The van der Waals surface area contributed by atoms with Crippen LogP contribution in [-0.4, -0.2) is 87.4 Å². The quantitative estimate of drug-likeness (QED) is 0.0211. The van der Waals surface area contributed by atoms with Gasteiger partial charge in [-0.05, 0) is 77.0 Å². The van der Waals surface area contributed by atoms with Gasteiger partial charge < -0.3 is 28.5 Å². The second-order valence-corrected chi connectivity index (χ2v) is 20.2. The number of quaternary nitrogens is 1. The monoisotopic (exact) mass is 1020 g/mol. The van der Waals surface area contributed by atoms with Crippen molar-refractivity contribution in [1.29, 1.82) is 0 Å². The Balaban J connectivity index is 4.14. The highest BCUT2D eigenvalue weighted by Gasteiger charge is 2.25. The molecule has 2 atom stereocenters. The lowest BCUT2D eigenvalue weighted by molar-refractivity contribution is -0.870. The molecule has 0 radical (unpaired) electrons. The highest BCUT2D eigenvalue weighted by atomic mass is 16.7. The average Bonchev–Trinajstić information content (AvgIpc) is 3.36. The number of ether oxygens (including phenoxy) is 4. The molecule has 9 nitrogen and oxygen atoms in total. The standard InChI is InChI=1S/C64H107NO8/c1-6-8-10-12-14-16-18-20-22-23-24-25-26-27-28-29-30-31-32-33-34-35-36-37-38-39-41-42-44-46-48-50-52-54-61(66)71-58-60(59-72-64(63(68)69)70-57-56-65(3,4)5)73-62(67)55-53-51-49-47-45-43-40-21-19-17-15-13-11-9-7-2/h8-11,14-17,20-22,24-25,40,45,47,51,53,60,64H,6-7,12-13,18-19,23,26-39,41-44,46,48-50,52,54-59H2,1-5H3/p+1/b10-8-,11-9-,16-14-,17-15-,22-20-,25-24-,40-21-,47-45-,53-51-. The summed E-state index contributed by atoms with van der Waals surface area (Å²) in [5, 5.41) is 9.68. The lowest BCUT2D eigenvalue weighted by atomic mass is 10.0. The Morgan fingerprint density at radius 1 is 0.425 bits per heavy atom. The second-order valence-electron chi connectivity index (χ2n) is 20.2. The molecule has 0 aliphatic carbocycles. The third-order valence-corrected chi connectivity index (χ3v) is 12.1. The Labute approximate surface area is 447 Å². The Kier molecular flexibility index (Phi) is 51.2. The fourth-order valence-corrected chi connectivity index (χ4v) is 7.67. The first-order valence-corrected chi connectivity index (χ1v) is 29.1. The molecule has 0 aliphatic heterocycles. The van der Waals surface area contributed by atoms with Gasteiger partial charge in [0.25, 0.3) is 6.29 Å². The first kappa shape index (κ1) is 69.0. The van der Waals surface area contributed by atoms with Crippen molar-refractivity contribution >= 4 is 17.9 Å². The van der Waals surface area contributed by atoms with Crippen molar-refractivity contribution in [2.75, 3.05) is 47.5 Å². The molecule has 0 aromatic carbocycles. The van der Waals surface area contributed by atoms with E-state index in [0.29, 0.717) is 17.4 Å². The highest BCUT2D eigenvalue weighted by molar-refractivity contribution is 5.72. The van der Waals surface area contributed by atoms with Crippen molar-refractivity contribution in [3.05, 3.63) is 109 Å². The van der Waals surface area contributed by atoms with Crippen molar-refractivity contribution in [2.45, 2.75) is 232 Å². The third-order valence-electron chi connectivity index (χ3n) is 12.1. The van der Waals surface area contributed by atoms with Gasteiger partial charge >= 0.3 is 17.9 Å². The second kappa shape index (κ2) is 54.2. The lowest BCUT2D eigenvalue weighted by Gasteiger charge is -2.25. The molecule has 0 saturated heterocycles. The maximum atomic E-state index is 12.8. The number of hydrogen-bond acceptors (Lipinski definition) is 7. The number of nitrogens with zero attached hydrogens (tertiary/aromatic N) is 1. The number of carboxylic acids is 1. The van der Waals surface area contributed by atoms with Crippen molar-refractivity contribution < 1.29 is 42.9 Å². The number of carboxylic acid groups (broad SMARTS) is 1. The van der Waals surface area contributed by atoms with E-state index in [2.05, 4.69) is 105 Å². The van der Waals surface area contributed by atoms with Crippen LogP contribution in [0.25, 0.3) is 0 Å². The Bertz CT molecular complexity index is 1560. The molecule has 0 heterocycles. The Hall–Kier alpha value is -4.05. The number of likely N-dealkylation sites (N-methyl/N-ethyl adjacent to an activating group) is 1. The van der Waals surface area contributed by atoms with E-state index in [1.165, 1.54) is 116 Å². The number of carbonyl (C=O) groups is 3. The zero-order valence-electron chi connectivity index (χ0n) is 47.3. The van der Waals surface area contributed by atoms with E-state index in [4.69, 9.17) is 18.9 Å². The van der Waals surface area contributed by atoms with Gasteiger partial charge in [0, 0.05) is 6.42 Å². The van der Waals surface area contributed by atoms with Gasteiger partial charge in [0.05, 0.1) is 40.8 Å². The van der Waals surface area contributed by atoms with Crippen LogP contribution < -0.4 is 0 Å². The average molecular weight is 1020 g/mol. The minimum atomic E-state index is -1.54. The third kappa shape index (κ3) is 55.5. The largest absolute Gasteiger partial charge is 0.477 e. The van der Waals surface area contributed by atoms with Gasteiger partial charge in [0.2, 0.25) is 0 Å². The number of allylic oxidation sites excluding steroid dienone is 17. The fourth-order valence-electron chi connectivity index (χ4n) is 7.67. The SMILES string of the molecule is CC/C=C\C/C=C\C/C=C\C/C=C\C/C=C\CC(=O)OC(COC(=O)CCCCCCCCCCCCCCCCCCCCCC/C=C\C/C=C\C/C=C\C/C=C\CC)COC(OCC[N+](C)(C)C)C(=O)O. The molecule has 73 heavy (non-hydrogen) atoms. The normalized spacial score (nSPS) is 13.6. The number of aliphatic carboxylic acids is 1. The summed E-state index contributed by atoms with van der Waals surface area (Å²) in [7, 11) is 5.93. The van der Waals surface area contributed by atoms with Crippen molar-refractivity contribution in [3.8, 4) is 0 Å². The van der Waals surface area contributed by atoms with Crippen LogP contribution in [0.4, 0.5) is 0 Å². The van der Waals surface area contributed by atoms with Crippen LogP contribution in [0, 0.1) is 0 Å². The summed E-state index contributed by atoms with van der Waals surface area (Å²) in [6.45, 7) is 4.53. The molecule has 0 saturated carbocycles. The van der Waals surface area contributed by atoms with Crippen molar-refractivity contribution in [1.82, 2.24) is 0 Å². The maximum Gasteiger partial charge on any atom is 0.361 e. The van der Waals surface area contributed by atoms with Gasteiger partial charge in [0.15, 0.2) is 6.10 Å². The Morgan fingerprint density at radius 2 is 0.781 bits per heavy atom.